The normalized spacial score (nSPS) is 13.1. The summed E-state index contributed by atoms with van der Waals surface area (Å²) in [6, 6.07) is 8.46. The van der Waals surface area contributed by atoms with Crippen LogP contribution in [0.1, 0.15) is 55.9 Å². The summed E-state index contributed by atoms with van der Waals surface area (Å²) in [6.07, 6.45) is 8.88. The van der Waals surface area contributed by atoms with Gasteiger partial charge in [-0.05, 0) is 44.9 Å². The Balaban J connectivity index is 0.00000289. The van der Waals surface area contributed by atoms with E-state index in [0.717, 1.165) is 17.7 Å². The van der Waals surface area contributed by atoms with Crippen LogP contribution in [0, 0.1) is 10.8 Å². The van der Waals surface area contributed by atoms with E-state index in [1.165, 1.54) is 17.7 Å². The molecule has 0 aliphatic heterocycles. The summed E-state index contributed by atoms with van der Waals surface area (Å²) < 4.78 is 1.92. The van der Waals surface area contributed by atoms with Crippen molar-refractivity contribution in [3.05, 3.63) is 66.1 Å². The molecule has 31 heavy (non-hydrogen) atoms. The Kier molecular flexibility index (Phi) is 5.57. The van der Waals surface area contributed by atoms with Gasteiger partial charge in [-0.25, -0.2) is 15.0 Å². The van der Waals surface area contributed by atoms with Crippen molar-refractivity contribution < 1.29 is 6.22 Å². The number of amides is 1. The Labute approximate surface area is 181 Å². The smallest absolute Gasteiger partial charge is 0.275 e. The van der Waals surface area contributed by atoms with Crippen LogP contribution in [0.5, 0.6) is 0 Å². The van der Waals surface area contributed by atoms with E-state index in [1.807, 2.05) is 30.7 Å². The fourth-order valence-electron chi connectivity index (χ4n) is 3.20. The van der Waals surface area contributed by atoms with E-state index < -0.39 is 5.91 Å². The van der Waals surface area contributed by atoms with E-state index in [1.54, 1.807) is 36.8 Å². The zero-order valence-corrected chi connectivity index (χ0v) is 17.4. The molecule has 4 rings (SSSR count). The average Bonchev–Trinajstić information content (AvgIpc) is 3.50. The quantitative estimate of drug-likeness (QED) is 0.399. The lowest BCUT2D eigenvalue weighted by Gasteiger charge is -2.23. The Bertz CT molecular complexity index is 1140. The largest absolute Gasteiger partial charge is 0.314 e. The summed E-state index contributed by atoms with van der Waals surface area (Å²) in [7, 11) is 0. The topological polar surface area (TPSA) is 124 Å². The number of hydrogen-bond acceptors (Lipinski definition) is 6. The third kappa shape index (κ3) is 4.50. The second-order valence-electron chi connectivity index (χ2n) is 7.72. The fourth-order valence-corrected chi connectivity index (χ4v) is 3.20. The molecule has 1 fully saturated rings. The molecule has 160 valence electrons. The molecule has 0 aromatic carbocycles. The maximum Gasteiger partial charge on any atom is 0.275 e. The molecule has 3 aromatic rings. The summed E-state index contributed by atoms with van der Waals surface area (Å²) in [5, 5.41) is 18.6. The van der Waals surface area contributed by atoms with Crippen LogP contribution >= 0.6 is 0 Å². The Morgan fingerprint density at radius 3 is 2.77 bits per heavy atom. The minimum atomic E-state index is -0.422. The van der Waals surface area contributed by atoms with Gasteiger partial charge >= 0.3 is 0 Å². The molecule has 9 heteroatoms. The lowest BCUT2D eigenvalue weighted by molar-refractivity contribution is 0.102. The number of carbonyl (C=O) groups is 1. The highest BCUT2D eigenvalue weighted by Crippen LogP contribution is 2.39. The number of imidazole rings is 1. The van der Waals surface area contributed by atoms with E-state index in [2.05, 4.69) is 20.3 Å². The third-order valence-corrected chi connectivity index (χ3v) is 5.06. The maximum absolute atomic E-state index is 12.7. The number of carbonyl (C=O) groups excluding carboxylic acids is 1. The van der Waals surface area contributed by atoms with Gasteiger partial charge in [0.15, 0.2) is 5.84 Å². The molecule has 0 radical (unpaired) electrons. The standard InChI is InChI=1S/C22H24N8O.H2/c1-14(2)30(12-23)21(24)17-4-3-5-18(27-17)22(31)28-20-10-16(8-9-25-20)29-11-19(26-13-29)15-6-7-15;/h3-5,8-15,23-24H,6-7H2,1-2H3,(H,25,28,31);1H. The van der Waals surface area contributed by atoms with Crippen molar-refractivity contribution in [2.75, 3.05) is 5.32 Å². The second-order valence-corrected chi connectivity index (χ2v) is 7.72. The maximum atomic E-state index is 12.7. The van der Waals surface area contributed by atoms with E-state index >= 15 is 0 Å². The Hall–Kier alpha value is -3.88. The van der Waals surface area contributed by atoms with Crippen LogP contribution in [0.4, 0.5) is 5.82 Å². The van der Waals surface area contributed by atoms with Gasteiger partial charge in [-0.15, -0.1) is 0 Å². The molecule has 1 amide bonds. The lowest BCUT2D eigenvalue weighted by Crippen LogP contribution is -2.36. The van der Waals surface area contributed by atoms with Crippen LogP contribution in [0.25, 0.3) is 5.69 Å². The van der Waals surface area contributed by atoms with Gasteiger partial charge in [0.05, 0.1) is 24.0 Å². The van der Waals surface area contributed by atoms with Crippen LogP contribution in [0.15, 0.2) is 49.1 Å². The van der Waals surface area contributed by atoms with Gasteiger partial charge < -0.3 is 14.8 Å². The monoisotopic (exact) mass is 418 g/mol. The van der Waals surface area contributed by atoms with Crippen LogP contribution in [0.2, 0.25) is 0 Å². The predicted octanol–water partition coefficient (Wildman–Crippen LogP) is 3.68. The van der Waals surface area contributed by atoms with Gasteiger partial charge in [-0.3, -0.25) is 15.6 Å². The fraction of sp³-hybridized carbons (Fsp3) is 0.273. The summed E-state index contributed by atoms with van der Waals surface area (Å²) in [4.78, 5) is 27.2. The molecule has 0 bridgehead atoms. The number of pyridine rings is 2. The minimum absolute atomic E-state index is 0. The summed E-state index contributed by atoms with van der Waals surface area (Å²) in [5.74, 6) is 0.606. The highest BCUT2D eigenvalue weighted by Gasteiger charge is 2.25. The molecule has 0 unspecified atom stereocenters. The highest BCUT2D eigenvalue weighted by atomic mass is 16.1. The molecular weight excluding hydrogens is 392 g/mol. The molecule has 0 saturated heterocycles. The number of nitrogens with zero attached hydrogens (tertiary/aromatic N) is 5. The molecule has 3 N–H and O–H groups in total. The van der Waals surface area contributed by atoms with Crippen molar-refractivity contribution in [2.45, 2.75) is 38.6 Å². The van der Waals surface area contributed by atoms with Gasteiger partial charge in [0.25, 0.3) is 5.91 Å². The lowest BCUT2D eigenvalue weighted by atomic mass is 10.2. The highest BCUT2D eigenvalue weighted by molar-refractivity contribution is 6.05. The first-order chi connectivity index (χ1) is 15.0. The van der Waals surface area contributed by atoms with Gasteiger partial charge in [-0.2, -0.15) is 0 Å². The first-order valence-corrected chi connectivity index (χ1v) is 10.1. The van der Waals surface area contributed by atoms with E-state index in [0.29, 0.717) is 17.4 Å². The van der Waals surface area contributed by atoms with Crippen LogP contribution in [0.3, 0.4) is 0 Å². The molecular formula is C22H26N8O. The Morgan fingerprint density at radius 2 is 2.06 bits per heavy atom. The number of aromatic nitrogens is 4. The summed E-state index contributed by atoms with van der Waals surface area (Å²) >= 11 is 0. The third-order valence-electron chi connectivity index (χ3n) is 5.06. The van der Waals surface area contributed by atoms with Crippen molar-refractivity contribution in [2.24, 2.45) is 0 Å². The zero-order valence-electron chi connectivity index (χ0n) is 17.4. The van der Waals surface area contributed by atoms with Gasteiger partial charge in [-0.1, -0.05) is 6.07 Å². The molecule has 3 heterocycles. The van der Waals surface area contributed by atoms with E-state index in [4.69, 9.17) is 10.8 Å². The van der Waals surface area contributed by atoms with E-state index in [-0.39, 0.29) is 19.0 Å². The number of rotatable bonds is 7. The summed E-state index contributed by atoms with van der Waals surface area (Å²) in [6.45, 7) is 3.76. The number of nitrogens with one attached hydrogen (secondary N) is 3. The zero-order chi connectivity index (χ0) is 22.0. The first kappa shape index (κ1) is 20.4. The van der Waals surface area contributed by atoms with Crippen molar-refractivity contribution >= 4 is 23.9 Å². The molecule has 0 atom stereocenters. The number of hydrogen-bond donors (Lipinski definition) is 3. The van der Waals surface area contributed by atoms with Crippen molar-refractivity contribution in [1.29, 1.82) is 10.8 Å². The molecule has 0 spiro atoms. The molecule has 1 saturated carbocycles. The average molecular weight is 419 g/mol. The summed E-state index contributed by atoms with van der Waals surface area (Å²) in [5.41, 5.74) is 2.43. The second kappa shape index (κ2) is 8.47. The SMILES string of the molecule is CC(C)N(C=N)C(=N)c1cccc(C(=O)Nc2cc(-n3cnc(C4CC4)c3)ccn2)n1.[HH]. The minimum Gasteiger partial charge on any atom is -0.314 e. The van der Waals surface area contributed by atoms with Crippen LogP contribution < -0.4 is 5.32 Å². The molecule has 3 aromatic heterocycles. The van der Waals surface area contributed by atoms with E-state index in [9.17, 15) is 4.79 Å². The molecule has 9 nitrogen and oxygen atoms in total. The van der Waals surface area contributed by atoms with Crippen molar-refractivity contribution in [1.82, 2.24) is 24.4 Å². The predicted molar refractivity (Wildman–Crippen MR) is 120 cm³/mol. The van der Waals surface area contributed by atoms with Crippen molar-refractivity contribution in [3.8, 4) is 5.69 Å². The van der Waals surface area contributed by atoms with Gasteiger partial charge in [0, 0.05) is 31.8 Å². The van der Waals surface area contributed by atoms with Gasteiger partial charge in [0.1, 0.15) is 17.2 Å². The number of amidine groups is 1. The Morgan fingerprint density at radius 1 is 1.29 bits per heavy atom. The van der Waals surface area contributed by atoms with Crippen LogP contribution in [-0.4, -0.2) is 48.5 Å². The van der Waals surface area contributed by atoms with Crippen molar-refractivity contribution in [3.63, 3.8) is 0 Å². The van der Waals surface area contributed by atoms with Gasteiger partial charge in [0.2, 0.25) is 0 Å². The molecule has 1 aliphatic rings. The van der Waals surface area contributed by atoms with Crippen LogP contribution in [-0.2, 0) is 0 Å². The number of anilines is 1. The molecule has 1 aliphatic carbocycles. The first-order valence-electron chi connectivity index (χ1n) is 10.1.